The molecule has 0 unspecified atom stereocenters. The fourth-order valence-electron chi connectivity index (χ4n) is 3.16. The fraction of sp³-hybridized carbons (Fsp3) is 0.0455. The third-order valence-corrected chi connectivity index (χ3v) is 5.13. The van der Waals surface area contributed by atoms with Gasteiger partial charge in [0.15, 0.2) is 5.76 Å². The number of nitrogens with zero attached hydrogens (tertiary/aromatic N) is 1. The molecule has 28 heavy (non-hydrogen) atoms. The minimum absolute atomic E-state index is 0.0306. The Morgan fingerprint density at radius 3 is 2.39 bits per heavy atom. The zero-order valence-corrected chi connectivity index (χ0v) is 16.2. The van der Waals surface area contributed by atoms with E-state index in [0.717, 1.165) is 11.1 Å². The van der Waals surface area contributed by atoms with Gasteiger partial charge in [-0.25, -0.2) is 4.39 Å². The van der Waals surface area contributed by atoms with E-state index in [-0.39, 0.29) is 27.1 Å². The molecule has 0 bridgehead atoms. The third kappa shape index (κ3) is 3.15. The Kier molecular flexibility index (Phi) is 4.84. The van der Waals surface area contributed by atoms with Gasteiger partial charge in [0.25, 0.3) is 0 Å². The molecule has 4 rings (SSSR count). The fourth-order valence-corrected chi connectivity index (χ4v) is 3.67. The lowest BCUT2D eigenvalue weighted by molar-refractivity contribution is 0.434. The van der Waals surface area contributed by atoms with Crippen LogP contribution in [0.25, 0.3) is 33.7 Å². The SMILES string of the molecule is Cc1ccccc1-c1c(-c2c(F)cccc2Cl)noc1-c1ccc(O)cc1Cl. The number of benzene rings is 3. The maximum Gasteiger partial charge on any atom is 0.176 e. The van der Waals surface area contributed by atoms with Gasteiger partial charge >= 0.3 is 0 Å². The molecule has 0 saturated carbocycles. The van der Waals surface area contributed by atoms with Crippen LogP contribution >= 0.6 is 23.2 Å². The first-order valence-electron chi connectivity index (χ1n) is 8.46. The highest BCUT2D eigenvalue weighted by molar-refractivity contribution is 6.34. The second kappa shape index (κ2) is 7.30. The number of aromatic hydroxyl groups is 1. The lowest BCUT2D eigenvalue weighted by Crippen LogP contribution is -1.91. The predicted molar refractivity (Wildman–Crippen MR) is 109 cm³/mol. The third-order valence-electron chi connectivity index (χ3n) is 4.50. The molecule has 0 saturated heterocycles. The van der Waals surface area contributed by atoms with Crippen LogP contribution in [0.4, 0.5) is 4.39 Å². The summed E-state index contributed by atoms with van der Waals surface area (Å²) in [6, 6.07) is 16.6. The average Bonchev–Trinajstić information content (AvgIpc) is 3.06. The Balaban J connectivity index is 2.07. The van der Waals surface area contributed by atoms with E-state index in [1.54, 1.807) is 12.1 Å². The van der Waals surface area contributed by atoms with Crippen molar-refractivity contribution in [3.63, 3.8) is 0 Å². The minimum atomic E-state index is -0.501. The molecular weight excluding hydrogens is 400 g/mol. The maximum atomic E-state index is 14.7. The van der Waals surface area contributed by atoms with E-state index in [4.69, 9.17) is 27.7 Å². The topological polar surface area (TPSA) is 46.3 Å². The standard InChI is InChI=1S/C22H14Cl2FNO2/c1-12-5-2-3-6-14(12)19-21(20-16(23)7-4-8-18(20)25)26-28-22(19)15-10-9-13(27)11-17(15)24/h2-11,27H,1H3. The van der Waals surface area contributed by atoms with E-state index in [9.17, 15) is 9.50 Å². The van der Waals surface area contributed by atoms with Crippen LogP contribution in [0.5, 0.6) is 5.75 Å². The summed E-state index contributed by atoms with van der Waals surface area (Å²) < 4.78 is 20.3. The van der Waals surface area contributed by atoms with Gasteiger partial charge in [-0.1, -0.05) is 58.7 Å². The van der Waals surface area contributed by atoms with Gasteiger partial charge in [0.05, 0.1) is 21.2 Å². The van der Waals surface area contributed by atoms with Gasteiger partial charge < -0.3 is 9.63 Å². The molecule has 140 valence electrons. The van der Waals surface area contributed by atoms with Gasteiger partial charge in [0.2, 0.25) is 0 Å². The molecule has 3 nitrogen and oxygen atoms in total. The number of aryl methyl sites for hydroxylation is 1. The summed E-state index contributed by atoms with van der Waals surface area (Å²) in [5.41, 5.74) is 3.33. The summed E-state index contributed by atoms with van der Waals surface area (Å²) in [6.07, 6.45) is 0. The number of rotatable bonds is 3. The van der Waals surface area contributed by atoms with Crippen molar-refractivity contribution in [2.45, 2.75) is 6.92 Å². The summed E-state index contributed by atoms with van der Waals surface area (Å²) in [7, 11) is 0. The summed E-state index contributed by atoms with van der Waals surface area (Å²) in [6.45, 7) is 1.94. The molecule has 0 aliphatic heterocycles. The van der Waals surface area contributed by atoms with Gasteiger partial charge in [-0.05, 0) is 48.4 Å². The Morgan fingerprint density at radius 1 is 0.893 bits per heavy atom. The summed E-state index contributed by atoms with van der Waals surface area (Å²) in [5.74, 6) is -0.101. The van der Waals surface area contributed by atoms with Crippen LogP contribution in [0.1, 0.15) is 5.56 Å². The van der Waals surface area contributed by atoms with E-state index < -0.39 is 5.82 Å². The molecule has 4 aromatic rings. The van der Waals surface area contributed by atoms with Crippen molar-refractivity contribution < 1.29 is 14.0 Å². The molecular formula is C22H14Cl2FNO2. The van der Waals surface area contributed by atoms with Crippen molar-refractivity contribution in [1.82, 2.24) is 5.16 Å². The lowest BCUT2D eigenvalue weighted by Gasteiger charge is -2.10. The molecule has 0 radical (unpaired) electrons. The molecule has 0 aliphatic rings. The van der Waals surface area contributed by atoms with Crippen molar-refractivity contribution >= 4 is 23.2 Å². The molecule has 1 N–H and O–H groups in total. The zero-order chi connectivity index (χ0) is 19.8. The zero-order valence-electron chi connectivity index (χ0n) is 14.7. The van der Waals surface area contributed by atoms with Crippen molar-refractivity contribution in [2.75, 3.05) is 0 Å². The van der Waals surface area contributed by atoms with Crippen molar-refractivity contribution in [3.05, 3.63) is 82.1 Å². The smallest absolute Gasteiger partial charge is 0.176 e. The van der Waals surface area contributed by atoms with Gasteiger partial charge in [-0.15, -0.1) is 0 Å². The molecule has 3 aromatic carbocycles. The number of hydrogen-bond acceptors (Lipinski definition) is 3. The Morgan fingerprint density at radius 2 is 1.68 bits per heavy atom. The molecule has 1 heterocycles. The highest BCUT2D eigenvalue weighted by Gasteiger charge is 2.26. The first-order chi connectivity index (χ1) is 13.5. The highest BCUT2D eigenvalue weighted by atomic mass is 35.5. The average molecular weight is 414 g/mol. The maximum absolute atomic E-state index is 14.7. The number of halogens is 3. The molecule has 0 aliphatic carbocycles. The minimum Gasteiger partial charge on any atom is -0.508 e. The quantitative estimate of drug-likeness (QED) is 0.388. The van der Waals surface area contributed by atoms with Gasteiger partial charge in [0, 0.05) is 5.56 Å². The van der Waals surface area contributed by atoms with Crippen LogP contribution in [0.2, 0.25) is 10.0 Å². The second-order valence-electron chi connectivity index (χ2n) is 6.31. The van der Waals surface area contributed by atoms with Crippen molar-refractivity contribution in [1.29, 1.82) is 0 Å². The van der Waals surface area contributed by atoms with Gasteiger partial charge in [-0.3, -0.25) is 0 Å². The number of aromatic nitrogens is 1. The molecule has 0 spiro atoms. The van der Waals surface area contributed by atoms with E-state index in [2.05, 4.69) is 5.16 Å². The number of phenolic OH excluding ortho intramolecular Hbond substituents is 1. The Hall–Kier alpha value is -2.82. The predicted octanol–water partition coefficient (Wildman–Crippen LogP) is 7.14. The molecule has 0 atom stereocenters. The first-order valence-corrected chi connectivity index (χ1v) is 9.22. The summed E-state index contributed by atoms with van der Waals surface area (Å²) in [4.78, 5) is 0. The molecule has 1 aromatic heterocycles. The van der Waals surface area contributed by atoms with Crippen LogP contribution < -0.4 is 0 Å². The van der Waals surface area contributed by atoms with E-state index in [1.807, 2.05) is 31.2 Å². The molecule has 6 heteroatoms. The van der Waals surface area contributed by atoms with Gasteiger partial charge in [-0.2, -0.15) is 0 Å². The first kappa shape index (κ1) is 18.5. The highest BCUT2D eigenvalue weighted by Crippen LogP contribution is 2.45. The van der Waals surface area contributed by atoms with Crippen LogP contribution in [0, 0.1) is 12.7 Å². The normalized spacial score (nSPS) is 11.0. The van der Waals surface area contributed by atoms with Crippen LogP contribution in [-0.2, 0) is 0 Å². The molecule has 0 fully saturated rings. The second-order valence-corrected chi connectivity index (χ2v) is 7.13. The monoisotopic (exact) mass is 413 g/mol. The Labute approximate surface area is 170 Å². The number of phenols is 1. The van der Waals surface area contributed by atoms with Gasteiger partial charge in [0.1, 0.15) is 17.3 Å². The lowest BCUT2D eigenvalue weighted by atomic mass is 9.93. The summed E-state index contributed by atoms with van der Waals surface area (Å²) >= 11 is 12.6. The van der Waals surface area contributed by atoms with E-state index in [0.29, 0.717) is 16.9 Å². The van der Waals surface area contributed by atoms with Crippen molar-refractivity contribution in [2.24, 2.45) is 0 Å². The van der Waals surface area contributed by atoms with E-state index >= 15 is 0 Å². The Bertz CT molecular complexity index is 1170. The largest absolute Gasteiger partial charge is 0.508 e. The summed E-state index contributed by atoms with van der Waals surface area (Å²) in [5, 5.41) is 14.3. The van der Waals surface area contributed by atoms with Crippen LogP contribution in [-0.4, -0.2) is 10.3 Å². The van der Waals surface area contributed by atoms with Crippen molar-refractivity contribution in [3.8, 4) is 39.5 Å². The van der Waals surface area contributed by atoms with Crippen LogP contribution in [0.15, 0.2) is 65.2 Å². The van der Waals surface area contributed by atoms with Crippen LogP contribution in [0.3, 0.4) is 0 Å². The number of hydrogen-bond donors (Lipinski definition) is 1. The van der Waals surface area contributed by atoms with E-state index in [1.165, 1.54) is 24.3 Å². The molecule has 0 amide bonds.